The Labute approximate surface area is 188 Å². The molecule has 0 aliphatic carbocycles. The number of carbonyl (C=O) groups excluding carboxylic acids is 1. The minimum absolute atomic E-state index is 0.0234. The second kappa shape index (κ2) is 10.1. The number of thiophene rings is 1. The van der Waals surface area contributed by atoms with Crippen LogP contribution in [0.5, 0.6) is 5.75 Å². The first kappa shape index (κ1) is 21.5. The summed E-state index contributed by atoms with van der Waals surface area (Å²) in [6.45, 7) is 4.95. The van der Waals surface area contributed by atoms with Crippen LogP contribution in [0.15, 0.2) is 66.2 Å². The van der Waals surface area contributed by atoms with Gasteiger partial charge < -0.3 is 9.64 Å². The molecule has 0 spiro atoms. The third-order valence-corrected chi connectivity index (χ3v) is 6.95. The molecule has 162 valence electrons. The van der Waals surface area contributed by atoms with Crippen molar-refractivity contribution in [2.75, 3.05) is 20.1 Å². The van der Waals surface area contributed by atoms with Crippen molar-refractivity contribution in [1.29, 1.82) is 0 Å². The lowest BCUT2D eigenvalue weighted by atomic mass is 10.1. The highest BCUT2D eigenvalue weighted by Crippen LogP contribution is 2.26. The van der Waals surface area contributed by atoms with Crippen LogP contribution in [0.1, 0.15) is 46.7 Å². The van der Waals surface area contributed by atoms with Gasteiger partial charge >= 0.3 is 0 Å². The topological polar surface area (TPSA) is 45.7 Å². The Hall–Kier alpha value is -2.70. The van der Waals surface area contributed by atoms with E-state index >= 15 is 0 Å². The number of aromatic nitrogens is 1. The summed E-state index contributed by atoms with van der Waals surface area (Å²) >= 11 is 1.67. The Morgan fingerprint density at radius 3 is 2.58 bits per heavy atom. The molecule has 3 aromatic rings. The van der Waals surface area contributed by atoms with Crippen molar-refractivity contribution in [3.63, 3.8) is 0 Å². The largest absolute Gasteiger partial charge is 0.490 e. The molecule has 1 fully saturated rings. The first-order valence-corrected chi connectivity index (χ1v) is 11.7. The molecule has 1 saturated heterocycles. The van der Waals surface area contributed by atoms with Crippen molar-refractivity contribution in [1.82, 2.24) is 14.8 Å². The highest BCUT2D eigenvalue weighted by Gasteiger charge is 2.22. The predicted molar refractivity (Wildman–Crippen MR) is 124 cm³/mol. The standard InChI is InChI=1S/C25H29N3O2S/c1-19(24-7-5-17-31-24)27(2)25(29)20-8-10-22(11-9-20)30-23-12-15-28(16-13-23)18-21-6-3-4-14-26-21/h3-11,14,17,19,23H,12-13,15-16,18H2,1-2H3/t19-/m0/s1. The van der Waals surface area contributed by atoms with E-state index in [2.05, 4.69) is 28.9 Å². The van der Waals surface area contributed by atoms with Crippen LogP contribution in [0.3, 0.4) is 0 Å². The van der Waals surface area contributed by atoms with E-state index in [1.165, 1.54) is 4.88 Å². The summed E-state index contributed by atoms with van der Waals surface area (Å²) in [6.07, 6.45) is 4.05. The minimum atomic E-state index is 0.0234. The normalized spacial score (nSPS) is 16.1. The van der Waals surface area contributed by atoms with Gasteiger partial charge in [0.1, 0.15) is 11.9 Å². The molecule has 6 heteroatoms. The number of hydrogen-bond acceptors (Lipinski definition) is 5. The molecule has 4 rings (SSSR count). The van der Waals surface area contributed by atoms with Gasteiger partial charge in [-0.1, -0.05) is 12.1 Å². The zero-order chi connectivity index (χ0) is 21.6. The Morgan fingerprint density at radius 2 is 1.94 bits per heavy atom. The van der Waals surface area contributed by atoms with Crippen LogP contribution in [-0.4, -0.2) is 46.9 Å². The predicted octanol–water partition coefficient (Wildman–Crippen LogP) is 5.02. The quantitative estimate of drug-likeness (QED) is 0.523. The number of nitrogens with zero attached hydrogens (tertiary/aromatic N) is 3. The summed E-state index contributed by atoms with van der Waals surface area (Å²) in [4.78, 5) is 22.7. The number of rotatable bonds is 7. The van der Waals surface area contributed by atoms with Gasteiger partial charge in [0.15, 0.2) is 0 Å². The van der Waals surface area contributed by atoms with Gasteiger partial charge in [-0.2, -0.15) is 0 Å². The molecule has 2 aromatic heterocycles. The van der Waals surface area contributed by atoms with Gasteiger partial charge in [0.2, 0.25) is 0 Å². The lowest BCUT2D eigenvalue weighted by Gasteiger charge is -2.32. The van der Waals surface area contributed by atoms with Gasteiger partial charge in [0.05, 0.1) is 11.7 Å². The van der Waals surface area contributed by atoms with E-state index in [-0.39, 0.29) is 18.1 Å². The average Bonchev–Trinajstić information content (AvgIpc) is 3.35. The maximum absolute atomic E-state index is 12.8. The molecule has 0 saturated carbocycles. The molecule has 1 atom stereocenters. The van der Waals surface area contributed by atoms with Gasteiger partial charge in [-0.3, -0.25) is 14.7 Å². The van der Waals surface area contributed by atoms with Crippen molar-refractivity contribution in [2.45, 2.75) is 38.5 Å². The second-order valence-electron chi connectivity index (χ2n) is 8.05. The molecule has 1 aliphatic rings. The van der Waals surface area contributed by atoms with E-state index in [0.29, 0.717) is 5.56 Å². The lowest BCUT2D eigenvalue weighted by molar-refractivity contribution is 0.0744. The highest BCUT2D eigenvalue weighted by molar-refractivity contribution is 7.10. The summed E-state index contributed by atoms with van der Waals surface area (Å²) in [5, 5.41) is 2.04. The zero-order valence-electron chi connectivity index (χ0n) is 18.1. The Kier molecular flexibility index (Phi) is 6.99. The van der Waals surface area contributed by atoms with Crippen molar-refractivity contribution >= 4 is 17.2 Å². The summed E-state index contributed by atoms with van der Waals surface area (Å²) < 4.78 is 6.19. The molecule has 0 bridgehead atoms. The summed E-state index contributed by atoms with van der Waals surface area (Å²) in [7, 11) is 1.86. The van der Waals surface area contributed by atoms with E-state index in [0.717, 1.165) is 43.9 Å². The van der Waals surface area contributed by atoms with Crippen molar-refractivity contribution in [2.24, 2.45) is 0 Å². The van der Waals surface area contributed by atoms with E-state index in [1.54, 1.807) is 16.2 Å². The maximum atomic E-state index is 12.8. The monoisotopic (exact) mass is 435 g/mol. The number of hydrogen-bond donors (Lipinski definition) is 0. The average molecular weight is 436 g/mol. The molecular formula is C25H29N3O2S. The van der Waals surface area contributed by atoms with Crippen molar-refractivity contribution in [3.8, 4) is 5.75 Å². The molecule has 31 heavy (non-hydrogen) atoms. The van der Waals surface area contributed by atoms with Crippen LogP contribution >= 0.6 is 11.3 Å². The van der Waals surface area contributed by atoms with Gasteiger partial charge in [-0.25, -0.2) is 0 Å². The van der Waals surface area contributed by atoms with Gasteiger partial charge in [0, 0.05) is 43.3 Å². The number of ether oxygens (including phenoxy) is 1. The molecule has 0 N–H and O–H groups in total. The van der Waals surface area contributed by atoms with Crippen LogP contribution in [0.2, 0.25) is 0 Å². The molecule has 1 aromatic carbocycles. The fourth-order valence-electron chi connectivity index (χ4n) is 3.87. The van der Waals surface area contributed by atoms with E-state index in [9.17, 15) is 4.79 Å². The van der Waals surface area contributed by atoms with Gasteiger partial charge in [-0.15, -0.1) is 11.3 Å². The second-order valence-corrected chi connectivity index (χ2v) is 9.03. The fourth-order valence-corrected chi connectivity index (χ4v) is 4.70. The van der Waals surface area contributed by atoms with Crippen LogP contribution in [-0.2, 0) is 6.54 Å². The lowest BCUT2D eigenvalue weighted by Crippen LogP contribution is -2.37. The smallest absolute Gasteiger partial charge is 0.254 e. The van der Waals surface area contributed by atoms with Crippen LogP contribution < -0.4 is 4.74 Å². The highest BCUT2D eigenvalue weighted by atomic mass is 32.1. The first-order valence-electron chi connectivity index (χ1n) is 10.8. The third-order valence-electron chi connectivity index (χ3n) is 5.91. The van der Waals surface area contributed by atoms with E-state index in [1.807, 2.05) is 61.1 Å². The number of piperidine rings is 1. The molecule has 0 unspecified atom stereocenters. The zero-order valence-corrected chi connectivity index (χ0v) is 18.9. The number of benzene rings is 1. The third kappa shape index (κ3) is 5.51. The Bertz CT molecular complexity index is 952. The molecule has 1 amide bonds. The van der Waals surface area contributed by atoms with Crippen LogP contribution in [0, 0.1) is 0 Å². The number of carbonyl (C=O) groups is 1. The summed E-state index contributed by atoms with van der Waals surface area (Å²) in [5.41, 5.74) is 1.80. The Balaban J connectivity index is 1.27. The molecule has 0 radical (unpaired) electrons. The number of pyridine rings is 1. The first-order chi connectivity index (χ1) is 15.1. The van der Waals surface area contributed by atoms with E-state index < -0.39 is 0 Å². The SMILES string of the molecule is C[C@@H](c1cccs1)N(C)C(=O)c1ccc(OC2CCN(Cc3ccccn3)CC2)cc1. The molecule has 3 heterocycles. The van der Waals surface area contributed by atoms with Gasteiger partial charge in [0.25, 0.3) is 5.91 Å². The number of likely N-dealkylation sites (tertiary alicyclic amines) is 1. The van der Waals surface area contributed by atoms with Crippen molar-refractivity contribution < 1.29 is 9.53 Å². The molecule has 1 aliphatic heterocycles. The van der Waals surface area contributed by atoms with Crippen molar-refractivity contribution in [3.05, 3.63) is 82.3 Å². The minimum Gasteiger partial charge on any atom is -0.490 e. The summed E-state index contributed by atoms with van der Waals surface area (Å²) in [6, 6.07) is 17.8. The van der Waals surface area contributed by atoms with Gasteiger partial charge in [-0.05, 0) is 67.6 Å². The molecular weight excluding hydrogens is 406 g/mol. The maximum Gasteiger partial charge on any atom is 0.254 e. The summed E-state index contributed by atoms with van der Waals surface area (Å²) in [5.74, 6) is 0.851. The van der Waals surface area contributed by atoms with E-state index in [4.69, 9.17) is 4.74 Å². The van der Waals surface area contributed by atoms with Crippen LogP contribution in [0.4, 0.5) is 0 Å². The molecule has 5 nitrogen and oxygen atoms in total. The number of amides is 1. The Morgan fingerprint density at radius 1 is 1.16 bits per heavy atom. The fraction of sp³-hybridized carbons (Fsp3) is 0.360. The van der Waals surface area contributed by atoms with Crippen LogP contribution in [0.25, 0.3) is 0 Å².